The normalized spacial score (nSPS) is 10.5. The van der Waals surface area contributed by atoms with Gasteiger partial charge < -0.3 is 10.5 Å². The number of carbonyl (C=O) groups is 1. The molecule has 0 saturated heterocycles. The number of nitrogens with zero attached hydrogens (tertiary/aromatic N) is 1. The number of carbonyl (C=O) groups excluding carboxylic acids is 1. The van der Waals surface area contributed by atoms with E-state index in [1.165, 1.54) is 0 Å². The number of ether oxygens (including phenoxy) is 1. The van der Waals surface area contributed by atoms with Crippen molar-refractivity contribution in [2.45, 2.75) is 19.8 Å². The largest absolute Gasteiger partial charge is 0.462 e. The Hall–Kier alpha value is -1.50. The van der Waals surface area contributed by atoms with Crippen molar-refractivity contribution in [1.82, 2.24) is 0 Å². The van der Waals surface area contributed by atoms with Gasteiger partial charge in [-0.15, -0.1) is 0 Å². The van der Waals surface area contributed by atoms with E-state index in [-0.39, 0.29) is 5.57 Å². The third kappa shape index (κ3) is 3.62. The highest BCUT2D eigenvalue weighted by Gasteiger charge is 2.08. The molecule has 12 heavy (non-hydrogen) atoms. The van der Waals surface area contributed by atoms with E-state index in [1.54, 1.807) is 6.07 Å². The SMILES string of the molecule is CCCCOC(=O)C(C#N)=CN. The fourth-order valence-corrected chi connectivity index (χ4v) is 0.538. The lowest BCUT2D eigenvalue weighted by atomic mass is 10.3. The third-order valence-electron chi connectivity index (χ3n) is 1.24. The fraction of sp³-hybridized carbons (Fsp3) is 0.500. The molecule has 0 spiro atoms. The van der Waals surface area contributed by atoms with Gasteiger partial charge in [0, 0.05) is 6.20 Å². The van der Waals surface area contributed by atoms with E-state index in [1.807, 2.05) is 6.92 Å². The second-order valence-electron chi connectivity index (χ2n) is 2.18. The maximum atomic E-state index is 10.9. The molecule has 0 heterocycles. The third-order valence-corrected chi connectivity index (χ3v) is 1.24. The summed E-state index contributed by atoms with van der Waals surface area (Å²) < 4.78 is 4.72. The second-order valence-corrected chi connectivity index (χ2v) is 2.18. The first-order valence-corrected chi connectivity index (χ1v) is 3.75. The molecule has 0 fully saturated rings. The van der Waals surface area contributed by atoms with Crippen LogP contribution < -0.4 is 5.73 Å². The Morgan fingerprint density at radius 2 is 2.42 bits per heavy atom. The smallest absolute Gasteiger partial charge is 0.350 e. The first-order valence-electron chi connectivity index (χ1n) is 3.75. The number of unbranched alkanes of at least 4 members (excludes halogenated alkanes) is 1. The van der Waals surface area contributed by atoms with Crippen LogP contribution >= 0.6 is 0 Å². The van der Waals surface area contributed by atoms with Gasteiger partial charge in [-0.05, 0) is 6.42 Å². The highest BCUT2D eigenvalue weighted by molar-refractivity contribution is 5.92. The summed E-state index contributed by atoms with van der Waals surface area (Å²) in [5.41, 5.74) is 4.86. The Labute approximate surface area is 71.6 Å². The van der Waals surface area contributed by atoms with Crippen LogP contribution in [0.25, 0.3) is 0 Å². The lowest BCUT2D eigenvalue weighted by molar-refractivity contribution is -0.138. The number of rotatable bonds is 4. The molecular weight excluding hydrogens is 156 g/mol. The summed E-state index contributed by atoms with van der Waals surface area (Å²) >= 11 is 0. The minimum Gasteiger partial charge on any atom is -0.462 e. The van der Waals surface area contributed by atoms with Crippen molar-refractivity contribution in [2.24, 2.45) is 5.73 Å². The van der Waals surface area contributed by atoms with Gasteiger partial charge in [-0.2, -0.15) is 5.26 Å². The Balaban J connectivity index is 3.81. The van der Waals surface area contributed by atoms with E-state index in [9.17, 15) is 4.79 Å². The molecule has 0 atom stereocenters. The highest BCUT2D eigenvalue weighted by atomic mass is 16.5. The predicted molar refractivity (Wildman–Crippen MR) is 43.8 cm³/mol. The molecule has 0 aliphatic rings. The van der Waals surface area contributed by atoms with Crippen molar-refractivity contribution >= 4 is 5.97 Å². The minimum atomic E-state index is -0.645. The van der Waals surface area contributed by atoms with Crippen molar-refractivity contribution in [1.29, 1.82) is 5.26 Å². The molecule has 66 valence electrons. The van der Waals surface area contributed by atoms with E-state index in [4.69, 9.17) is 15.7 Å². The maximum absolute atomic E-state index is 10.9. The summed E-state index contributed by atoms with van der Waals surface area (Å²) in [4.78, 5) is 10.9. The first kappa shape index (κ1) is 10.5. The van der Waals surface area contributed by atoms with Gasteiger partial charge in [-0.25, -0.2) is 4.79 Å². The predicted octanol–water partition coefficient (Wildman–Crippen LogP) is 0.696. The zero-order valence-corrected chi connectivity index (χ0v) is 7.04. The van der Waals surface area contributed by atoms with Crippen molar-refractivity contribution in [2.75, 3.05) is 6.61 Å². The highest BCUT2D eigenvalue weighted by Crippen LogP contribution is 1.96. The Morgan fingerprint density at radius 1 is 1.75 bits per heavy atom. The van der Waals surface area contributed by atoms with E-state index in [0.29, 0.717) is 6.61 Å². The minimum absolute atomic E-state index is 0.147. The molecule has 0 aliphatic heterocycles. The van der Waals surface area contributed by atoms with Gasteiger partial charge in [-0.1, -0.05) is 13.3 Å². The van der Waals surface area contributed by atoms with Crippen LogP contribution in [-0.2, 0) is 9.53 Å². The fourth-order valence-electron chi connectivity index (χ4n) is 0.538. The molecule has 0 bridgehead atoms. The lowest BCUT2D eigenvalue weighted by Gasteiger charge is -2.00. The van der Waals surface area contributed by atoms with Crippen LogP contribution in [0.4, 0.5) is 0 Å². The molecule has 0 rings (SSSR count). The number of nitriles is 1. The first-order chi connectivity index (χ1) is 5.76. The second kappa shape index (κ2) is 6.23. The van der Waals surface area contributed by atoms with E-state index in [2.05, 4.69) is 0 Å². The molecule has 4 heteroatoms. The van der Waals surface area contributed by atoms with Gasteiger partial charge in [0.2, 0.25) is 0 Å². The van der Waals surface area contributed by atoms with Crippen molar-refractivity contribution in [3.05, 3.63) is 11.8 Å². The molecule has 0 aliphatic carbocycles. The van der Waals surface area contributed by atoms with Gasteiger partial charge in [0.15, 0.2) is 5.57 Å². The van der Waals surface area contributed by atoms with Crippen LogP contribution in [0.2, 0.25) is 0 Å². The summed E-state index contributed by atoms with van der Waals surface area (Å²) in [6.07, 6.45) is 2.70. The van der Waals surface area contributed by atoms with Crippen LogP contribution in [0.5, 0.6) is 0 Å². The molecule has 0 aromatic carbocycles. The maximum Gasteiger partial charge on any atom is 0.350 e. The van der Waals surface area contributed by atoms with Crippen LogP contribution in [0.15, 0.2) is 11.8 Å². The Bertz CT molecular complexity index is 216. The summed E-state index contributed by atoms with van der Waals surface area (Å²) in [7, 11) is 0. The van der Waals surface area contributed by atoms with Gasteiger partial charge in [0.25, 0.3) is 0 Å². The van der Waals surface area contributed by atoms with E-state index >= 15 is 0 Å². The molecule has 0 amide bonds. The van der Waals surface area contributed by atoms with Crippen molar-refractivity contribution in [3.63, 3.8) is 0 Å². The lowest BCUT2D eigenvalue weighted by Crippen LogP contribution is -2.09. The van der Waals surface area contributed by atoms with Gasteiger partial charge in [0.05, 0.1) is 6.61 Å². The summed E-state index contributed by atoms with van der Waals surface area (Å²) in [5.74, 6) is -0.645. The van der Waals surface area contributed by atoms with Crippen molar-refractivity contribution in [3.8, 4) is 6.07 Å². The summed E-state index contributed by atoms with van der Waals surface area (Å²) in [6.45, 7) is 2.33. The zero-order valence-electron chi connectivity index (χ0n) is 7.04. The average Bonchev–Trinajstić information content (AvgIpc) is 2.07. The number of hydrogen-bond donors (Lipinski definition) is 1. The number of esters is 1. The van der Waals surface area contributed by atoms with E-state index < -0.39 is 5.97 Å². The average molecular weight is 168 g/mol. The van der Waals surface area contributed by atoms with Gasteiger partial charge >= 0.3 is 5.97 Å². The quantitative estimate of drug-likeness (QED) is 0.290. The molecule has 0 radical (unpaired) electrons. The molecule has 0 aromatic rings. The molecule has 0 unspecified atom stereocenters. The molecular formula is C8H12N2O2. The summed E-state index contributed by atoms with van der Waals surface area (Å²) in [6, 6.07) is 1.64. The standard InChI is InChI=1S/C8H12N2O2/c1-2-3-4-12-8(11)7(5-9)6-10/h5H,2-4,9H2,1H3. The number of hydrogen-bond acceptors (Lipinski definition) is 4. The molecule has 2 N–H and O–H groups in total. The Morgan fingerprint density at radius 3 is 2.83 bits per heavy atom. The van der Waals surface area contributed by atoms with Crippen LogP contribution in [0.1, 0.15) is 19.8 Å². The summed E-state index contributed by atoms with van der Waals surface area (Å²) in [5, 5.41) is 8.35. The topological polar surface area (TPSA) is 76.1 Å². The molecule has 0 aromatic heterocycles. The van der Waals surface area contributed by atoms with Crippen LogP contribution in [-0.4, -0.2) is 12.6 Å². The zero-order chi connectivity index (χ0) is 9.40. The van der Waals surface area contributed by atoms with E-state index in [0.717, 1.165) is 19.0 Å². The van der Waals surface area contributed by atoms with Crippen LogP contribution in [0.3, 0.4) is 0 Å². The monoisotopic (exact) mass is 168 g/mol. The molecule has 4 nitrogen and oxygen atoms in total. The van der Waals surface area contributed by atoms with Gasteiger partial charge in [0.1, 0.15) is 6.07 Å². The number of nitrogens with two attached hydrogens (primary N) is 1. The Kier molecular flexibility index (Phi) is 5.45. The van der Waals surface area contributed by atoms with Gasteiger partial charge in [-0.3, -0.25) is 0 Å². The molecule has 0 saturated carbocycles. The van der Waals surface area contributed by atoms with Crippen LogP contribution in [0, 0.1) is 11.3 Å². The van der Waals surface area contributed by atoms with Crippen molar-refractivity contribution < 1.29 is 9.53 Å².